The maximum absolute atomic E-state index is 12.7. The summed E-state index contributed by atoms with van der Waals surface area (Å²) in [6.07, 6.45) is 40.2. The van der Waals surface area contributed by atoms with Gasteiger partial charge in [-0.3, -0.25) is 9.59 Å². The van der Waals surface area contributed by atoms with Crippen molar-refractivity contribution in [2.75, 3.05) is 41.0 Å². The number of ether oxygens (including phenoxy) is 3. The summed E-state index contributed by atoms with van der Waals surface area (Å²) in [6.45, 7) is 4.53. The van der Waals surface area contributed by atoms with Crippen molar-refractivity contribution < 1.29 is 38.2 Å². The fraction of sp³-hybridized carbons (Fsp3) is 0.750. The molecule has 0 saturated heterocycles. The number of carbonyl (C=O) groups is 3. The van der Waals surface area contributed by atoms with Gasteiger partial charge in [0.2, 0.25) is 0 Å². The number of unbranched alkanes of at least 4 members (excludes halogenated alkanes) is 15. The van der Waals surface area contributed by atoms with Crippen molar-refractivity contribution in [1.82, 2.24) is 0 Å². The molecule has 0 heterocycles. The van der Waals surface area contributed by atoms with Crippen molar-refractivity contribution in [2.24, 2.45) is 0 Å². The number of carboxylic acid groups (broad SMARTS) is 1. The SMILES string of the molecule is CC/C=C/C/C=C/CCCCC(=O)OCC(COCCC(C(=O)O)[N+](C)(C)C)OC(=O)CCCCCCCCCCCC/C=C/C=C/CCCCC. The third kappa shape index (κ3) is 33.1. The van der Waals surface area contributed by atoms with E-state index in [1.54, 1.807) is 0 Å². The molecule has 2 atom stereocenters. The first-order chi connectivity index (χ1) is 25.1. The maximum Gasteiger partial charge on any atom is 0.362 e. The molecule has 1 N–H and O–H groups in total. The third-order valence-corrected chi connectivity index (χ3v) is 8.99. The number of allylic oxidation sites excluding steroid dienone is 8. The van der Waals surface area contributed by atoms with Gasteiger partial charge in [-0.15, -0.1) is 0 Å². The molecule has 0 radical (unpaired) electrons. The summed E-state index contributed by atoms with van der Waals surface area (Å²) in [5.41, 5.74) is 0. The highest BCUT2D eigenvalue weighted by Crippen LogP contribution is 2.14. The number of carboxylic acids is 1. The van der Waals surface area contributed by atoms with Gasteiger partial charge in [0.15, 0.2) is 12.1 Å². The van der Waals surface area contributed by atoms with Crippen LogP contribution in [0.4, 0.5) is 0 Å². The second-order valence-electron chi connectivity index (χ2n) is 14.9. The molecule has 0 spiro atoms. The molecule has 0 aliphatic rings. The van der Waals surface area contributed by atoms with Crippen LogP contribution in [-0.2, 0) is 28.6 Å². The highest BCUT2D eigenvalue weighted by molar-refractivity contribution is 5.72. The van der Waals surface area contributed by atoms with Crippen molar-refractivity contribution in [1.29, 1.82) is 0 Å². The Balaban J connectivity index is 4.33. The summed E-state index contributed by atoms with van der Waals surface area (Å²) in [6, 6.07) is -0.619. The topological polar surface area (TPSA) is 99.1 Å². The van der Waals surface area contributed by atoms with E-state index in [1.807, 2.05) is 21.1 Å². The highest BCUT2D eigenvalue weighted by Gasteiger charge is 2.31. The summed E-state index contributed by atoms with van der Waals surface area (Å²) in [5.74, 6) is -1.52. The quantitative estimate of drug-likeness (QED) is 0.0225. The number of hydrogen-bond acceptors (Lipinski definition) is 6. The number of esters is 2. The molecule has 0 aromatic heterocycles. The van der Waals surface area contributed by atoms with Gasteiger partial charge in [0.25, 0.3) is 0 Å². The Morgan fingerprint density at radius 2 is 1.13 bits per heavy atom. The first-order valence-electron chi connectivity index (χ1n) is 20.7. The van der Waals surface area contributed by atoms with Crippen LogP contribution in [0.1, 0.15) is 162 Å². The Bertz CT molecular complexity index is 995. The van der Waals surface area contributed by atoms with Gasteiger partial charge >= 0.3 is 17.9 Å². The van der Waals surface area contributed by atoms with Gasteiger partial charge in [0.05, 0.1) is 34.4 Å². The van der Waals surface area contributed by atoms with E-state index in [0.29, 0.717) is 19.3 Å². The van der Waals surface area contributed by atoms with E-state index in [2.05, 4.69) is 62.5 Å². The van der Waals surface area contributed by atoms with Crippen LogP contribution in [0.5, 0.6) is 0 Å². The van der Waals surface area contributed by atoms with E-state index in [0.717, 1.165) is 51.4 Å². The molecule has 0 bridgehead atoms. The lowest BCUT2D eigenvalue weighted by molar-refractivity contribution is -0.887. The lowest BCUT2D eigenvalue weighted by Gasteiger charge is -2.31. The van der Waals surface area contributed by atoms with E-state index in [4.69, 9.17) is 14.2 Å². The average molecular weight is 733 g/mol. The van der Waals surface area contributed by atoms with Crippen LogP contribution in [0.15, 0.2) is 48.6 Å². The molecule has 0 saturated carbocycles. The minimum Gasteiger partial charge on any atom is -0.477 e. The molecule has 0 rings (SSSR count). The molecule has 2 unspecified atom stereocenters. The number of rotatable bonds is 36. The van der Waals surface area contributed by atoms with Crippen molar-refractivity contribution in [3.63, 3.8) is 0 Å². The van der Waals surface area contributed by atoms with Crippen LogP contribution in [0.3, 0.4) is 0 Å². The van der Waals surface area contributed by atoms with E-state index >= 15 is 0 Å². The van der Waals surface area contributed by atoms with E-state index in [1.165, 1.54) is 77.0 Å². The first kappa shape index (κ1) is 49.3. The monoisotopic (exact) mass is 733 g/mol. The molecule has 0 aliphatic heterocycles. The zero-order valence-electron chi connectivity index (χ0n) is 34.0. The molecule has 8 heteroatoms. The molecule has 300 valence electrons. The minimum absolute atomic E-state index is 0.0486. The fourth-order valence-corrected chi connectivity index (χ4v) is 5.77. The fourth-order valence-electron chi connectivity index (χ4n) is 5.77. The van der Waals surface area contributed by atoms with Gasteiger partial charge in [0, 0.05) is 19.3 Å². The standard InChI is InChI=1S/C44H77NO7/c1-6-8-10-12-14-16-17-18-19-20-21-22-23-24-25-27-29-31-33-35-43(47)52-40(38-50-37-36-41(44(48)49)45(3,4)5)39-51-42(46)34-32-30-28-26-15-13-11-9-7-2/h9,11,14-18,26,40-41H,6-8,10,12-13,19-25,27-39H2,1-5H3/p+1/b11-9+,16-14+,18-17+,26-15+. The molecular weight excluding hydrogens is 654 g/mol. The van der Waals surface area contributed by atoms with E-state index < -0.39 is 18.1 Å². The number of nitrogens with zero attached hydrogens (tertiary/aromatic N) is 1. The molecular formula is C44H78NO7+. The zero-order valence-corrected chi connectivity index (χ0v) is 34.0. The third-order valence-electron chi connectivity index (χ3n) is 8.99. The molecule has 0 amide bonds. The van der Waals surface area contributed by atoms with Gasteiger partial charge in [-0.1, -0.05) is 127 Å². The zero-order chi connectivity index (χ0) is 38.5. The Morgan fingerprint density at radius 3 is 1.73 bits per heavy atom. The predicted molar refractivity (Wildman–Crippen MR) is 215 cm³/mol. The minimum atomic E-state index is -0.882. The lowest BCUT2D eigenvalue weighted by atomic mass is 10.1. The van der Waals surface area contributed by atoms with Gasteiger partial charge in [-0.05, 0) is 64.2 Å². The second-order valence-corrected chi connectivity index (χ2v) is 14.9. The number of likely N-dealkylation sites (N-methyl/N-ethyl adjacent to an activating group) is 1. The Kier molecular flexibility index (Phi) is 33.5. The van der Waals surface area contributed by atoms with Crippen molar-refractivity contribution in [2.45, 2.75) is 174 Å². The van der Waals surface area contributed by atoms with Crippen molar-refractivity contribution in [3.8, 4) is 0 Å². The summed E-state index contributed by atoms with van der Waals surface area (Å²) < 4.78 is 17.2. The van der Waals surface area contributed by atoms with Crippen LogP contribution < -0.4 is 0 Å². The lowest BCUT2D eigenvalue weighted by Crippen LogP contribution is -2.50. The highest BCUT2D eigenvalue weighted by atomic mass is 16.6. The number of carbonyl (C=O) groups excluding carboxylic acids is 2. The Morgan fingerprint density at radius 1 is 0.615 bits per heavy atom. The smallest absolute Gasteiger partial charge is 0.362 e. The van der Waals surface area contributed by atoms with Gasteiger partial charge in [-0.25, -0.2) is 4.79 Å². The largest absolute Gasteiger partial charge is 0.477 e. The first-order valence-corrected chi connectivity index (χ1v) is 20.7. The summed E-state index contributed by atoms with van der Waals surface area (Å²) in [5, 5.41) is 9.59. The molecule has 0 aromatic rings. The number of aliphatic carboxylic acids is 1. The van der Waals surface area contributed by atoms with E-state index in [9.17, 15) is 19.5 Å². The summed E-state index contributed by atoms with van der Waals surface area (Å²) >= 11 is 0. The maximum atomic E-state index is 12.7. The Hall–Kier alpha value is -2.71. The van der Waals surface area contributed by atoms with Gasteiger partial charge in [-0.2, -0.15) is 0 Å². The number of quaternary nitrogens is 1. The predicted octanol–water partition coefficient (Wildman–Crippen LogP) is 10.9. The molecule has 0 fully saturated rings. The van der Waals surface area contributed by atoms with Crippen molar-refractivity contribution >= 4 is 17.9 Å². The van der Waals surface area contributed by atoms with Gasteiger partial charge in [0.1, 0.15) is 6.61 Å². The van der Waals surface area contributed by atoms with Crippen LogP contribution in [0.2, 0.25) is 0 Å². The second kappa shape index (κ2) is 35.3. The van der Waals surface area contributed by atoms with Crippen LogP contribution >= 0.6 is 0 Å². The van der Waals surface area contributed by atoms with Crippen molar-refractivity contribution in [3.05, 3.63) is 48.6 Å². The summed E-state index contributed by atoms with van der Waals surface area (Å²) in [4.78, 5) is 36.8. The average Bonchev–Trinajstić information content (AvgIpc) is 3.09. The van der Waals surface area contributed by atoms with Crippen LogP contribution in [-0.4, -0.2) is 80.6 Å². The van der Waals surface area contributed by atoms with E-state index in [-0.39, 0.29) is 36.2 Å². The molecule has 52 heavy (non-hydrogen) atoms. The Labute approximate surface area is 318 Å². The van der Waals surface area contributed by atoms with Crippen LogP contribution in [0.25, 0.3) is 0 Å². The van der Waals surface area contributed by atoms with Crippen LogP contribution in [0, 0.1) is 0 Å². The molecule has 0 aliphatic carbocycles. The normalized spacial score (nSPS) is 13.5. The molecule has 8 nitrogen and oxygen atoms in total. The number of hydrogen-bond donors (Lipinski definition) is 1. The summed E-state index contributed by atoms with van der Waals surface area (Å²) in [7, 11) is 5.50. The van der Waals surface area contributed by atoms with Gasteiger partial charge < -0.3 is 23.8 Å². The molecule has 0 aromatic carbocycles.